The molecular weight excluding hydrogens is 222 g/mol. The first-order chi connectivity index (χ1) is 8.50. The molecule has 0 radical (unpaired) electrons. The van der Waals surface area contributed by atoms with Crippen LogP contribution in [0.25, 0.3) is 0 Å². The Morgan fingerprint density at radius 2 is 1.89 bits per heavy atom. The fraction of sp³-hybridized carbons (Fsp3) is 0.667. The zero-order valence-electron chi connectivity index (χ0n) is 12.4. The fourth-order valence-corrected chi connectivity index (χ4v) is 2.00. The standard InChI is InChI=1S/C15H27N3/c1-12(2)8-6-7-9-14(17-13(3)4)15-10-11-16-18(15)5/h6-7,10-14,17H,8-9H2,1-5H3/b7-6+. The minimum atomic E-state index is 0.348. The van der Waals surface area contributed by atoms with Gasteiger partial charge in [0, 0.05) is 19.3 Å². The number of allylic oxidation sites excluding steroid dienone is 1. The Labute approximate surface area is 111 Å². The van der Waals surface area contributed by atoms with Gasteiger partial charge in [-0.05, 0) is 24.8 Å². The van der Waals surface area contributed by atoms with Gasteiger partial charge in [-0.25, -0.2) is 0 Å². The van der Waals surface area contributed by atoms with Gasteiger partial charge < -0.3 is 5.32 Å². The van der Waals surface area contributed by atoms with E-state index in [1.165, 1.54) is 5.69 Å². The van der Waals surface area contributed by atoms with Crippen LogP contribution in [0.3, 0.4) is 0 Å². The van der Waals surface area contributed by atoms with E-state index in [0.29, 0.717) is 12.1 Å². The van der Waals surface area contributed by atoms with Crippen LogP contribution >= 0.6 is 0 Å². The molecular formula is C15H27N3. The molecule has 1 aromatic heterocycles. The van der Waals surface area contributed by atoms with E-state index in [1.807, 2.05) is 17.9 Å². The van der Waals surface area contributed by atoms with Crippen LogP contribution in [-0.2, 0) is 7.05 Å². The van der Waals surface area contributed by atoms with Crippen molar-refractivity contribution in [3.63, 3.8) is 0 Å². The largest absolute Gasteiger partial charge is 0.306 e. The van der Waals surface area contributed by atoms with E-state index in [9.17, 15) is 0 Å². The van der Waals surface area contributed by atoms with Gasteiger partial charge >= 0.3 is 0 Å². The molecule has 3 nitrogen and oxygen atoms in total. The summed E-state index contributed by atoms with van der Waals surface area (Å²) in [5.74, 6) is 0.731. The zero-order valence-corrected chi connectivity index (χ0v) is 12.4. The Kier molecular flexibility index (Phi) is 6.13. The molecule has 1 rings (SSSR count). The average molecular weight is 249 g/mol. The predicted molar refractivity (Wildman–Crippen MR) is 77.4 cm³/mol. The molecule has 0 bridgehead atoms. The highest BCUT2D eigenvalue weighted by molar-refractivity contribution is 5.09. The highest BCUT2D eigenvalue weighted by Gasteiger charge is 2.14. The van der Waals surface area contributed by atoms with Gasteiger partial charge in [0.15, 0.2) is 0 Å². The Bertz CT molecular complexity index is 364. The summed E-state index contributed by atoms with van der Waals surface area (Å²) in [5, 5.41) is 7.85. The van der Waals surface area contributed by atoms with Crippen molar-refractivity contribution in [3.8, 4) is 0 Å². The summed E-state index contributed by atoms with van der Waals surface area (Å²) in [5.41, 5.74) is 1.25. The maximum absolute atomic E-state index is 4.25. The number of nitrogens with zero attached hydrogens (tertiary/aromatic N) is 2. The number of aromatic nitrogens is 2. The lowest BCUT2D eigenvalue weighted by atomic mass is 10.1. The van der Waals surface area contributed by atoms with E-state index in [4.69, 9.17) is 0 Å². The first-order valence-electron chi connectivity index (χ1n) is 6.89. The minimum absolute atomic E-state index is 0.348. The van der Waals surface area contributed by atoms with Gasteiger partial charge in [0.05, 0.1) is 11.7 Å². The summed E-state index contributed by atoms with van der Waals surface area (Å²) in [6.07, 6.45) is 8.61. The van der Waals surface area contributed by atoms with Gasteiger partial charge in [-0.3, -0.25) is 4.68 Å². The van der Waals surface area contributed by atoms with E-state index in [1.54, 1.807) is 0 Å². The third-order valence-electron chi connectivity index (χ3n) is 2.90. The van der Waals surface area contributed by atoms with E-state index in [-0.39, 0.29) is 0 Å². The van der Waals surface area contributed by atoms with Crippen LogP contribution < -0.4 is 5.32 Å². The molecule has 0 aliphatic heterocycles. The molecule has 1 aromatic rings. The van der Waals surface area contributed by atoms with Crippen molar-refractivity contribution in [3.05, 3.63) is 30.1 Å². The first kappa shape index (κ1) is 15.0. The number of aryl methyl sites for hydroxylation is 1. The van der Waals surface area contributed by atoms with Gasteiger partial charge in [0.25, 0.3) is 0 Å². The first-order valence-corrected chi connectivity index (χ1v) is 6.89. The second-order valence-corrected chi connectivity index (χ2v) is 5.59. The lowest BCUT2D eigenvalue weighted by Crippen LogP contribution is -2.29. The summed E-state index contributed by atoms with van der Waals surface area (Å²) >= 11 is 0. The van der Waals surface area contributed by atoms with Crippen LogP contribution in [0.5, 0.6) is 0 Å². The van der Waals surface area contributed by atoms with Crippen LogP contribution in [0.4, 0.5) is 0 Å². The number of rotatable bonds is 7. The molecule has 1 heterocycles. The Morgan fingerprint density at radius 1 is 1.22 bits per heavy atom. The van der Waals surface area contributed by atoms with Crippen LogP contribution in [0.15, 0.2) is 24.4 Å². The van der Waals surface area contributed by atoms with Gasteiger partial charge in [-0.1, -0.05) is 39.8 Å². The Morgan fingerprint density at radius 3 is 2.39 bits per heavy atom. The summed E-state index contributed by atoms with van der Waals surface area (Å²) in [6.45, 7) is 8.85. The molecule has 3 heteroatoms. The maximum atomic E-state index is 4.25. The molecule has 0 aliphatic rings. The van der Waals surface area contributed by atoms with Gasteiger partial charge in [0.2, 0.25) is 0 Å². The van der Waals surface area contributed by atoms with Gasteiger partial charge in [0.1, 0.15) is 0 Å². The van der Waals surface area contributed by atoms with Gasteiger partial charge in [-0.15, -0.1) is 0 Å². The summed E-state index contributed by atoms with van der Waals surface area (Å²) < 4.78 is 1.95. The third kappa shape index (κ3) is 5.05. The third-order valence-corrected chi connectivity index (χ3v) is 2.90. The van der Waals surface area contributed by atoms with Crippen LogP contribution in [0.2, 0.25) is 0 Å². The van der Waals surface area contributed by atoms with E-state index < -0.39 is 0 Å². The monoisotopic (exact) mass is 249 g/mol. The molecule has 0 saturated heterocycles. The van der Waals surface area contributed by atoms with Gasteiger partial charge in [-0.2, -0.15) is 5.10 Å². The van der Waals surface area contributed by atoms with Crippen molar-refractivity contribution in [2.45, 2.75) is 52.6 Å². The lowest BCUT2D eigenvalue weighted by molar-refractivity contribution is 0.454. The molecule has 1 N–H and O–H groups in total. The minimum Gasteiger partial charge on any atom is -0.306 e. The zero-order chi connectivity index (χ0) is 13.5. The topological polar surface area (TPSA) is 29.9 Å². The molecule has 18 heavy (non-hydrogen) atoms. The normalized spacial score (nSPS) is 13.9. The summed E-state index contributed by atoms with van der Waals surface area (Å²) in [7, 11) is 2.00. The molecule has 0 amide bonds. The number of nitrogens with one attached hydrogen (secondary N) is 1. The highest BCUT2D eigenvalue weighted by atomic mass is 15.3. The molecule has 0 aliphatic carbocycles. The Balaban J connectivity index is 2.62. The van der Waals surface area contributed by atoms with Crippen molar-refractivity contribution < 1.29 is 0 Å². The van der Waals surface area contributed by atoms with Crippen molar-refractivity contribution >= 4 is 0 Å². The van der Waals surface area contributed by atoms with Crippen molar-refractivity contribution in [2.24, 2.45) is 13.0 Å². The number of hydrogen-bond donors (Lipinski definition) is 1. The van der Waals surface area contributed by atoms with Crippen molar-refractivity contribution in [1.82, 2.24) is 15.1 Å². The fourth-order valence-electron chi connectivity index (χ4n) is 2.00. The molecule has 102 valence electrons. The Hall–Kier alpha value is -1.09. The van der Waals surface area contributed by atoms with Crippen molar-refractivity contribution in [2.75, 3.05) is 0 Å². The summed E-state index contributed by atoms with van der Waals surface area (Å²) in [4.78, 5) is 0. The van der Waals surface area contributed by atoms with Crippen LogP contribution in [-0.4, -0.2) is 15.8 Å². The average Bonchev–Trinajstić information content (AvgIpc) is 2.68. The second-order valence-electron chi connectivity index (χ2n) is 5.59. The highest BCUT2D eigenvalue weighted by Crippen LogP contribution is 2.17. The van der Waals surface area contributed by atoms with Crippen molar-refractivity contribution in [1.29, 1.82) is 0 Å². The number of hydrogen-bond acceptors (Lipinski definition) is 2. The van der Waals surface area contributed by atoms with Crippen LogP contribution in [0.1, 0.15) is 52.3 Å². The second kappa shape index (κ2) is 7.37. The molecule has 1 unspecified atom stereocenters. The predicted octanol–water partition coefficient (Wildman–Crippen LogP) is 3.45. The maximum Gasteiger partial charge on any atom is 0.0553 e. The van der Waals surface area contributed by atoms with E-state index in [0.717, 1.165) is 18.8 Å². The van der Waals surface area contributed by atoms with E-state index >= 15 is 0 Å². The van der Waals surface area contributed by atoms with E-state index in [2.05, 4.69) is 56.3 Å². The SMILES string of the molecule is CC(C)C/C=C/CC(NC(C)C)c1ccnn1C. The summed E-state index contributed by atoms with van der Waals surface area (Å²) in [6, 6.07) is 2.92. The molecule has 0 spiro atoms. The quantitative estimate of drug-likeness (QED) is 0.750. The smallest absolute Gasteiger partial charge is 0.0553 e. The molecule has 0 aromatic carbocycles. The van der Waals surface area contributed by atoms with Crippen LogP contribution in [0, 0.1) is 5.92 Å². The molecule has 1 atom stereocenters. The lowest BCUT2D eigenvalue weighted by Gasteiger charge is -2.20. The molecule has 0 saturated carbocycles. The molecule has 0 fully saturated rings.